The van der Waals surface area contributed by atoms with E-state index in [1.54, 1.807) is 12.4 Å². The summed E-state index contributed by atoms with van der Waals surface area (Å²) in [5, 5.41) is 6.07. The van der Waals surface area contributed by atoms with Crippen LogP contribution in [0.4, 0.5) is 0 Å². The number of carbonyl (C=O) groups excluding carboxylic acids is 1. The maximum Gasteiger partial charge on any atom is 0.217 e. The Morgan fingerprint density at radius 3 is 2.93 bits per heavy atom. The third-order valence-corrected chi connectivity index (χ3v) is 4.27. The van der Waals surface area contributed by atoms with Crippen LogP contribution in [0.25, 0.3) is 5.57 Å². The molecular weight excluding hydrogens is 338 g/mol. The Labute approximate surface area is 159 Å². The molecule has 1 unspecified atom stereocenters. The van der Waals surface area contributed by atoms with Crippen LogP contribution in [-0.2, 0) is 11.3 Å². The largest absolute Gasteiger partial charge is 0.394 e. The molecule has 1 aromatic rings. The summed E-state index contributed by atoms with van der Waals surface area (Å²) in [5.74, 6) is 0.605. The van der Waals surface area contributed by atoms with E-state index in [-0.39, 0.29) is 11.9 Å². The summed E-state index contributed by atoms with van der Waals surface area (Å²) in [5.41, 5.74) is 10.3. The molecule has 1 amide bonds. The van der Waals surface area contributed by atoms with Crippen molar-refractivity contribution in [3.63, 3.8) is 0 Å². The Bertz CT molecular complexity index is 888. The van der Waals surface area contributed by atoms with Crippen molar-refractivity contribution in [2.75, 3.05) is 0 Å². The molecule has 4 N–H and O–H groups in total. The van der Waals surface area contributed by atoms with E-state index in [0.29, 0.717) is 18.1 Å². The van der Waals surface area contributed by atoms with Crippen LogP contribution < -0.4 is 16.4 Å². The molecule has 1 atom stereocenters. The minimum atomic E-state index is -0.0480. The molecule has 0 fully saturated rings. The number of rotatable bonds is 6. The number of allylic oxidation sites excluding steroid dienone is 3. The van der Waals surface area contributed by atoms with Crippen molar-refractivity contribution in [3.8, 4) is 0 Å². The molecule has 1 aromatic carbocycles. The van der Waals surface area contributed by atoms with E-state index in [2.05, 4.69) is 33.3 Å². The van der Waals surface area contributed by atoms with Gasteiger partial charge in [0.2, 0.25) is 5.91 Å². The van der Waals surface area contributed by atoms with E-state index < -0.39 is 0 Å². The van der Waals surface area contributed by atoms with Crippen LogP contribution in [0.1, 0.15) is 24.5 Å². The number of nitrogens with zero attached hydrogens (tertiary/aromatic N) is 2. The highest BCUT2D eigenvalue weighted by Crippen LogP contribution is 2.20. The minimum Gasteiger partial charge on any atom is -0.394 e. The number of nitrogens with one attached hydrogen (secondary N) is 2. The van der Waals surface area contributed by atoms with E-state index >= 15 is 0 Å². The van der Waals surface area contributed by atoms with Crippen LogP contribution in [0.15, 0.2) is 76.7 Å². The third kappa shape index (κ3) is 4.82. The van der Waals surface area contributed by atoms with Crippen LogP contribution in [0.2, 0.25) is 0 Å². The first-order valence-corrected chi connectivity index (χ1v) is 8.76. The summed E-state index contributed by atoms with van der Waals surface area (Å²) in [4.78, 5) is 19.7. The van der Waals surface area contributed by atoms with Crippen molar-refractivity contribution in [2.45, 2.75) is 25.9 Å². The number of hydrogen-bond donors (Lipinski definition) is 3. The Balaban J connectivity index is 1.59. The van der Waals surface area contributed by atoms with Crippen molar-refractivity contribution >= 4 is 23.5 Å². The summed E-state index contributed by atoms with van der Waals surface area (Å²) in [6, 6.07) is 8.01. The van der Waals surface area contributed by atoms with Gasteiger partial charge < -0.3 is 16.4 Å². The number of amidine groups is 1. The highest BCUT2D eigenvalue weighted by Gasteiger charge is 2.23. The molecule has 27 heavy (non-hydrogen) atoms. The van der Waals surface area contributed by atoms with Gasteiger partial charge in [0.05, 0.1) is 23.6 Å². The standard InChI is InChI=1S/C21H23N5O/c1-14(17-9-7-16(8-10-17)12-24-15(2)27)11-23-13-18(22)21-25-19-5-3-4-6-20(19)26-21/h3-5,7-11,13,20H,1,6,12,22H2,2H3,(H,24,27)(H,25,26)/b18-13-,23-11-. The van der Waals surface area contributed by atoms with Crippen molar-refractivity contribution in [1.82, 2.24) is 10.6 Å². The van der Waals surface area contributed by atoms with Gasteiger partial charge in [-0.3, -0.25) is 9.79 Å². The molecular formula is C21H23N5O. The molecule has 0 saturated heterocycles. The molecule has 0 bridgehead atoms. The third-order valence-electron chi connectivity index (χ3n) is 4.27. The first kappa shape index (κ1) is 18.4. The molecule has 2 aliphatic rings. The lowest BCUT2D eigenvalue weighted by Crippen LogP contribution is -2.32. The molecule has 1 aliphatic heterocycles. The van der Waals surface area contributed by atoms with Gasteiger partial charge in [-0.15, -0.1) is 0 Å². The lowest BCUT2D eigenvalue weighted by atomic mass is 10.1. The molecule has 0 spiro atoms. The Morgan fingerprint density at radius 1 is 1.44 bits per heavy atom. The second-order valence-electron chi connectivity index (χ2n) is 6.41. The zero-order chi connectivity index (χ0) is 19.2. The van der Waals surface area contributed by atoms with E-state index in [4.69, 9.17) is 5.73 Å². The predicted octanol–water partition coefficient (Wildman–Crippen LogP) is 2.42. The van der Waals surface area contributed by atoms with Crippen molar-refractivity contribution in [2.24, 2.45) is 15.7 Å². The number of carbonyl (C=O) groups is 1. The van der Waals surface area contributed by atoms with Crippen LogP contribution >= 0.6 is 0 Å². The minimum absolute atomic E-state index is 0.0480. The summed E-state index contributed by atoms with van der Waals surface area (Å²) < 4.78 is 0. The molecule has 6 nitrogen and oxygen atoms in total. The van der Waals surface area contributed by atoms with Gasteiger partial charge in [-0.2, -0.15) is 0 Å². The van der Waals surface area contributed by atoms with E-state index in [9.17, 15) is 4.79 Å². The quantitative estimate of drug-likeness (QED) is 0.680. The molecule has 0 saturated carbocycles. The Morgan fingerprint density at radius 2 is 2.22 bits per heavy atom. The second kappa shape index (κ2) is 8.31. The molecule has 1 heterocycles. The first-order chi connectivity index (χ1) is 13.0. The van der Waals surface area contributed by atoms with Crippen LogP contribution in [0.5, 0.6) is 0 Å². The fraction of sp³-hybridized carbons (Fsp3) is 0.190. The maximum atomic E-state index is 11.0. The maximum absolute atomic E-state index is 11.0. The summed E-state index contributed by atoms with van der Waals surface area (Å²) in [6.45, 7) is 6.04. The zero-order valence-electron chi connectivity index (χ0n) is 15.3. The molecule has 0 radical (unpaired) electrons. The number of aliphatic imine (C=N–C) groups is 2. The van der Waals surface area contributed by atoms with Crippen LogP contribution in [0.3, 0.4) is 0 Å². The first-order valence-electron chi connectivity index (χ1n) is 8.76. The average Bonchev–Trinajstić information content (AvgIpc) is 3.11. The highest BCUT2D eigenvalue weighted by atomic mass is 16.1. The van der Waals surface area contributed by atoms with Gasteiger partial charge in [0, 0.05) is 19.7 Å². The van der Waals surface area contributed by atoms with Gasteiger partial charge in [0.15, 0.2) is 5.84 Å². The van der Waals surface area contributed by atoms with Crippen molar-refractivity contribution in [3.05, 3.63) is 77.8 Å². The number of benzene rings is 1. The fourth-order valence-electron chi connectivity index (χ4n) is 2.75. The van der Waals surface area contributed by atoms with E-state index in [1.807, 2.05) is 36.4 Å². The summed E-state index contributed by atoms with van der Waals surface area (Å²) >= 11 is 0. The normalized spacial score (nSPS) is 18.6. The fourth-order valence-corrected chi connectivity index (χ4v) is 2.75. The van der Waals surface area contributed by atoms with E-state index in [0.717, 1.165) is 28.8 Å². The Kier molecular flexibility index (Phi) is 5.66. The molecule has 138 valence electrons. The smallest absolute Gasteiger partial charge is 0.217 e. The molecule has 1 aliphatic carbocycles. The van der Waals surface area contributed by atoms with Crippen molar-refractivity contribution in [1.29, 1.82) is 0 Å². The lowest BCUT2D eigenvalue weighted by molar-refractivity contribution is -0.119. The molecule has 6 heteroatoms. The van der Waals surface area contributed by atoms with Crippen molar-refractivity contribution < 1.29 is 4.79 Å². The van der Waals surface area contributed by atoms with Gasteiger partial charge in [-0.1, -0.05) is 43.0 Å². The van der Waals surface area contributed by atoms with Gasteiger partial charge in [-0.25, -0.2) is 4.99 Å². The van der Waals surface area contributed by atoms with Crippen LogP contribution in [-0.4, -0.2) is 24.0 Å². The average molecular weight is 361 g/mol. The van der Waals surface area contributed by atoms with Gasteiger partial charge in [0.1, 0.15) is 0 Å². The topological polar surface area (TPSA) is 91.9 Å². The molecule has 3 rings (SSSR count). The molecule has 0 aromatic heterocycles. The van der Waals surface area contributed by atoms with E-state index in [1.165, 1.54) is 6.92 Å². The number of fused-ring (bicyclic) bond motifs is 1. The van der Waals surface area contributed by atoms with Crippen LogP contribution in [0, 0.1) is 0 Å². The zero-order valence-corrected chi connectivity index (χ0v) is 15.3. The monoisotopic (exact) mass is 361 g/mol. The number of nitrogens with two attached hydrogens (primary N) is 1. The van der Waals surface area contributed by atoms with Gasteiger partial charge >= 0.3 is 0 Å². The number of amides is 1. The Hall–Kier alpha value is -3.41. The SMILES string of the molecule is C=C(/C=N\C=C(/N)C1=NC2=CC=CCC2N1)c1ccc(CNC(C)=O)cc1. The second-order valence-corrected chi connectivity index (χ2v) is 6.41. The number of hydrogen-bond acceptors (Lipinski definition) is 5. The van der Waals surface area contributed by atoms with Gasteiger partial charge in [-0.05, 0) is 29.2 Å². The lowest BCUT2D eigenvalue weighted by Gasteiger charge is -2.12. The highest BCUT2D eigenvalue weighted by molar-refractivity contribution is 6.09. The van der Waals surface area contributed by atoms with Gasteiger partial charge in [0.25, 0.3) is 0 Å². The summed E-state index contributed by atoms with van der Waals surface area (Å²) in [6.07, 6.45) is 10.2. The summed E-state index contributed by atoms with van der Waals surface area (Å²) in [7, 11) is 0. The predicted molar refractivity (Wildman–Crippen MR) is 110 cm³/mol.